The monoisotopic (exact) mass is 1230 g/mol. The van der Waals surface area contributed by atoms with E-state index in [-0.39, 0.29) is 11.8 Å². The molecule has 0 aliphatic rings. The summed E-state index contributed by atoms with van der Waals surface area (Å²) >= 11 is 3.44. The third-order valence-electron chi connectivity index (χ3n) is 18.8. The fraction of sp³-hybridized carbons (Fsp3) is 0.0465. The molecule has 2 unspecified atom stereocenters. The lowest BCUT2D eigenvalue weighted by molar-refractivity contribution is 0.306. The molecule has 0 spiro atoms. The van der Waals surface area contributed by atoms with E-state index in [1.807, 2.05) is 12.1 Å². The molecule has 5 nitrogen and oxygen atoms in total. The molecule has 0 radical (unpaired) electrons. The molecule has 0 aliphatic heterocycles. The topological polar surface area (TPSA) is 57.4 Å². The Morgan fingerprint density at radius 1 is 0.301 bits per heavy atom. The van der Waals surface area contributed by atoms with E-state index in [1.165, 1.54) is 98.0 Å². The summed E-state index contributed by atoms with van der Waals surface area (Å²) in [6, 6.07) is 110. The number of nitrogens with zero attached hydrogens (tertiary/aromatic N) is 2. The quantitative estimate of drug-likeness (QED) is 0.0713. The Kier molecular flexibility index (Phi) is 13.5. The zero-order chi connectivity index (χ0) is 61.3. The predicted octanol–water partition coefficient (Wildman–Crippen LogP) is 23.3. The number of aromatic nitrogens is 2. The van der Waals surface area contributed by atoms with Crippen molar-refractivity contribution in [3.63, 3.8) is 0 Å². The van der Waals surface area contributed by atoms with Crippen LogP contribution in [0, 0.1) is 0 Å². The maximum absolute atomic E-state index is 6.63. The van der Waals surface area contributed by atoms with Crippen molar-refractivity contribution >= 4 is 98.3 Å². The molecule has 18 rings (SSSR count). The van der Waals surface area contributed by atoms with Crippen LogP contribution in [-0.2, 0) is 13.2 Å². The molecule has 0 N–H and O–H groups in total. The minimum atomic E-state index is 0.0266. The van der Waals surface area contributed by atoms with Gasteiger partial charge in [-0.15, -0.1) is 22.7 Å². The van der Waals surface area contributed by atoms with E-state index in [9.17, 15) is 0 Å². The highest BCUT2D eigenvalue weighted by Crippen LogP contribution is 2.47. The summed E-state index contributed by atoms with van der Waals surface area (Å²) in [7, 11) is 0. The van der Waals surface area contributed by atoms with Gasteiger partial charge < -0.3 is 9.47 Å². The maximum Gasteiger partial charge on any atom is 0.144 e. The van der Waals surface area contributed by atoms with Crippen LogP contribution in [0.2, 0.25) is 0 Å². The summed E-state index contributed by atoms with van der Waals surface area (Å²) in [5, 5.41) is 24.5. The smallest absolute Gasteiger partial charge is 0.144 e. The molecule has 15 aromatic carbocycles. The molecule has 0 saturated carbocycles. The largest absolute Gasteiger partial charge is 0.489 e. The number of ether oxygens (including phenoxy) is 2. The number of thiophene rings is 2. The van der Waals surface area contributed by atoms with Gasteiger partial charge in [0.2, 0.25) is 0 Å². The first-order chi connectivity index (χ1) is 46.1. The molecule has 18 aromatic rings. The van der Waals surface area contributed by atoms with Gasteiger partial charge in [0.05, 0.1) is 0 Å². The highest BCUT2D eigenvalue weighted by Gasteiger charge is 2.25. The van der Waals surface area contributed by atoms with Gasteiger partial charge >= 0.3 is 0 Å². The Hall–Kier alpha value is -11.2. The summed E-state index contributed by atoms with van der Waals surface area (Å²) in [6.45, 7) is 0.865. The lowest BCUT2D eigenvalue weighted by Gasteiger charge is -2.23. The second kappa shape index (κ2) is 22.9. The van der Waals surface area contributed by atoms with E-state index in [0.717, 1.165) is 75.4 Å². The third kappa shape index (κ3) is 9.83. The highest BCUT2D eigenvalue weighted by molar-refractivity contribution is 7.19. The second-order valence-corrected chi connectivity index (χ2v) is 26.4. The average molecular weight is 1230 g/mol. The van der Waals surface area contributed by atoms with E-state index < -0.39 is 0 Å². The van der Waals surface area contributed by atoms with Crippen molar-refractivity contribution in [3.8, 4) is 53.3 Å². The van der Waals surface area contributed by atoms with Gasteiger partial charge in [0.15, 0.2) is 0 Å². The summed E-state index contributed by atoms with van der Waals surface area (Å²) in [4.78, 5) is 4.40. The molecule has 440 valence electrons. The Morgan fingerprint density at radius 2 is 0.677 bits per heavy atom. The number of rotatable bonds is 16. The van der Waals surface area contributed by atoms with E-state index in [1.54, 1.807) is 22.7 Å². The number of hydrogen-bond donors (Lipinski definition) is 0. The molecule has 7 heteroatoms. The first-order valence-corrected chi connectivity index (χ1v) is 33.2. The number of hydrogen-bond acceptors (Lipinski definition) is 7. The van der Waals surface area contributed by atoms with Gasteiger partial charge in [0.1, 0.15) is 35.7 Å². The Bertz CT molecular complexity index is 5420. The predicted molar refractivity (Wildman–Crippen MR) is 386 cm³/mol. The third-order valence-corrected chi connectivity index (χ3v) is 21.1. The van der Waals surface area contributed by atoms with Gasteiger partial charge in [-0.05, 0) is 179 Å². The van der Waals surface area contributed by atoms with E-state index in [2.05, 4.69) is 301 Å². The molecule has 0 saturated heterocycles. The van der Waals surface area contributed by atoms with Crippen molar-refractivity contribution in [1.29, 1.82) is 0 Å². The van der Waals surface area contributed by atoms with Crippen molar-refractivity contribution in [1.82, 2.24) is 10.3 Å². The SMILES string of the molecule is c1ccc(C(c2cccc(COc3cccc(-c4ccc(-c5ccc(-c6ccc(-c7cccc(OCc8cccc(C(c9ccccc9)c9ccc%10ccc%11cccc%12ccc9c%10c%11%12)c8)c7)s6)c6nonc56)s4)c3)c2)c2ccc3ccc4cccc5ccc2c3c45)cc1. The van der Waals surface area contributed by atoms with Crippen LogP contribution in [0.4, 0.5) is 0 Å². The minimum Gasteiger partial charge on any atom is -0.489 e. The standard InChI is InChI=1S/C86H56N2O3S2/c1-3-15-55(16-4-1)79(69-37-35-61-31-29-57-19-9-21-59-33-39-71(69)83(61)81(57)59)65-25-7-13-53(47-65)51-89-67-27-11-23-63(49-67)75-43-45-77(92-75)73-41-42-74(86-85(73)87-91-88-86)78-46-44-76(93-78)64-24-12-28-68(50-64)90-52-54-14-8-26-66(48-54)80(56-17-5-2-6-18-56)70-38-36-62-32-30-58-20-10-22-60-34-40-72(70)84(62)82(58)60/h1-50,79-80H,51-52H2. The fourth-order valence-electron chi connectivity index (χ4n) is 14.5. The lowest BCUT2D eigenvalue weighted by atomic mass is 9.80. The van der Waals surface area contributed by atoms with E-state index >= 15 is 0 Å². The van der Waals surface area contributed by atoms with Crippen LogP contribution in [0.1, 0.15) is 56.3 Å². The van der Waals surface area contributed by atoms with Gasteiger partial charge in [0.25, 0.3) is 0 Å². The van der Waals surface area contributed by atoms with Gasteiger partial charge in [-0.1, -0.05) is 255 Å². The molecule has 0 fully saturated rings. The van der Waals surface area contributed by atoms with Crippen LogP contribution in [0.25, 0.3) is 117 Å². The fourth-order valence-corrected chi connectivity index (χ4v) is 16.5. The van der Waals surface area contributed by atoms with Crippen molar-refractivity contribution in [2.45, 2.75) is 25.0 Å². The molecule has 0 amide bonds. The second-order valence-electron chi connectivity index (χ2n) is 24.3. The molecular formula is C86H56N2O3S2. The molecule has 93 heavy (non-hydrogen) atoms. The number of benzene rings is 15. The maximum atomic E-state index is 6.63. The number of fused-ring (bicyclic) bond motifs is 1. The zero-order valence-electron chi connectivity index (χ0n) is 50.4. The molecular weight excluding hydrogens is 1170 g/mol. The molecule has 3 aromatic heterocycles. The lowest BCUT2D eigenvalue weighted by Crippen LogP contribution is -2.06. The van der Waals surface area contributed by atoms with Crippen LogP contribution in [0.15, 0.2) is 308 Å². The van der Waals surface area contributed by atoms with Gasteiger partial charge in [-0.3, -0.25) is 0 Å². The average Bonchev–Trinajstić information content (AvgIpc) is 1.55. The van der Waals surface area contributed by atoms with Gasteiger partial charge in [-0.2, -0.15) is 0 Å². The summed E-state index contributed by atoms with van der Waals surface area (Å²) in [5.74, 6) is 1.68. The van der Waals surface area contributed by atoms with Crippen molar-refractivity contribution in [2.75, 3.05) is 0 Å². The normalized spacial score (nSPS) is 12.5. The molecule has 2 atom stereocenters. The van der Waals surface area contributed by atoms with Crippen molar-refractivity contribution in [3.05, 3.63) is 348 Å². The summed E-state index contributed by atoms with van der Waals surface area (Å²) in [5.41, 5.74) is 15.4. The Morgan fingerprint density at radius 3 is 1.13 bits per heavy atom. The van der Waals surface area contributed by atoms with Crippen LogP contribution in [0.5, 0.6) is 11.5 Å². The van der Waals surface area contributed by atoms with Crippen LogP contribution in [-0.4, -0.2) is 10.3 Å². The zero-order valence-corrected chi connectivity index (χ0v) is 52.0. The minimum absolute atomic E-state index is 0.0266. The van der Waals surface area contributed by atoms with Crippen LogP contribution >= 0.6 is 22.7 Å². The van der Waals surface area contributed by atoms with Gasteiger partial charge in [-0.25, -0.2) is 4.63 Å². The van der Waals surface area contributed by atoms with Gasteiger partial charge in [0, 0.05) is 42.5 Å². The van der Waals surface area contributed by atoms with Crippen molar-refractivity contribution in [2.24, 2.45) is 0 Å². The van der Waals surface area contributed by atoms with E-state index in [0.29, 0.717) is 13.2 Å². The summed E-state index contributed by atoms with van der Waals surface area (Å²) < 4.78 is 18.8. The Labute approximate surface area is 545 Å². The first kappa shape index (κ1) is 54.7. The molecule has 3 heterocycles. The van der Waals surface area contributed by atoms with E-state index in [4.69, 9.17) is 14.1 Å². The van der Waals surface area contributed by atoms with Crippen molar-refractivity contribution < 1.29 is 14.1 Å². The molecule has 0 aliphatic carbocycles. The molecule has 0 bridgehead atoms. The van der Waals surface area contributed by atoms with Crippen LogP contribution in [0.3, 0.4) is 0 Å². The highest BCUT2D eigenvalue weighted by atomic mass is 32.1. The summed E-state index contributed by atoms with van der Waals surface area (Å²) in [6.07, 6.45) is 0. The Balaban J connectivity index is 0.566. The first-order valence-electron chi connectivity index (χ1n) is 31.6. The van der Waals surface area contributed by atoms with Crippen LogP contribution < -0.4 is 9.47 Å².